The van der Waals surface area contributed by atoms with Crippen LogP contribution >= 0.6 is 0 Å². The summed E-state index contributed by atoms with van der Waals surface area (Å²) in [5.41, 5.74) is 4.22. The van der Waals surface area contributed by atoms with Crippen LogP contribution in [0.2, 0.25) is 0 Å². The summed E-state index contributed by atoms with van der Waals surface area (Å²) in [4.78, 5) is 14.8. The average molecular weight is 440 g/mol. The lowest BCUT2D eigenvalue weighted by Crippen LogP contribution is -2.50. The summed E-state index contributed by atoms with van der Waals surface area (Å²) in [7, 11) is -3.60. The lowest BCUT2D eigenvalue weighted by molar-refractivity contribution is 0.0656. The van der Waals surface area contributed by atoms with Crippen LogP contribution in [0.4, 0.5) is 0 Å². The molecule has 0 atom stereocenters. The Labute approximate surface area is 182 Å². The zero-order valence-electron chi connectivity index (χ0n) is 17.8. The van der Waals surface area contributed by atoms with E-state index in [0.29, 0.717) is 23.7 Å². The van der Waals surface area contributed by atoms with E-state index in [2.05, 4.69) is 5.16 Å². The molecule has 7 nitrogen and oxygen atoms in total. The third-order valence-corrected chi connectivity index (χ3v) is 7.60. The maximum Gasteiger partial charge on any atom is 0.292 e. The van der Waals surface area contributed by atoms with E-state index in [1.165, 1.54) is 4.31 Å². The summed E-state index contributed by atoms with van der Waals surface area (Å²) in [6, 6.07) is 14.8. The summed E-state index contributed by atoms with van der Waals surface area (Å²) in [5.74, 6) is -0.129. The van der Waals surface area contributed by atoms with Gasteiger partial charge in [-0.25, -0.2) is 8.42 Å². The van der Waals surface area contributed by atoms with E-state index in [4.69, 9.17) is 4.52 Å². The first kappa shape index (κ1) is 21.3. The van der Waals surface area contributed by atoms with Gasteiger partial charge in [0.1, 0.15) is 5.69 Å². The number of piperazine rings is 1. The second-order valence-electron chi connectivity index (χ2n) is 7.91. The number of aromatic nitrogens is 1. The van der Waals surface area contributed by atoms with E-state index < -0.39 is 10.0 Å². The Morgan fingerprint density at radius 1 is 0.903 bits per heavy atom. The number of carbonyl (C=O) groups excluding carboxylic acids is 1. The Balaban J connectivity index is 1.45. The minimum absolute atomic E-state index is 0.154. The van der Waals surface area contributed by atoms with Gasteiger partial charge in [-0.2, -0.15) is 4.31 Å². The fourth-order valence-electron chi connectivity index (χ4n) is 3.65. The molecule has 8 heteroatoms. The number of amides is 1. The van der Waals surface area contributed by atoms with E-state index in [0.717, 1.165) is 22.3 Å². The predicted octanol–water partition coefficient (Wildman–Crippen LogP) is 3.41. The summed E-state index contributed by atoms with van der Waals surface area (Å²) >= 11 is 0. The van der Waals surface area contributed by atoms with Crippen molar-refractivity contribution in [3.8, 4) is 11.3 Å². The van der Waals surface area contributed by atoms with Crippen molar-refractivity contribution in [2.75, 3.05) is 26.2 Å². The molecule has 0 aliphatic carbocycles. The molecule has 162 valence electrons. The van der Waals surface area contributed by atoms with Crippen LogP contribution < -0.4 is 0 Å². The van der Waals surface area contributed by atoms with Gasteiger partial charge in [0.15, 0.2) is 0 Å². The van der Waals surface area contributed by atoms with Crippen molar-refractivity contribution in [1.82, 2.24) is 14.4 Å². The van der Waals surface area contributed by atoms with Crippen molar-refractivity contribution >= 4 is 15.9 Å². The molecule has 1 aliphatic rings. The van der Waals surface area contributed by atoms with Gasteiger partial charge in [-0.3, -0.25) is 4.79 Å². The first-order valence-corrected chi connectivity index (χ1v) is 11.6. The summed E-state index contributed by atoms with van der Waals surface area (Å²) in [6.07, 6.45) is 0. The molecule has 2 aromatic carbocycles. The van der Waals surface area contributed by atoms with E-state index in [-0.39, 0.29) is 24.8 Å². The molecule has 3 aromatic rings. The van der Waals surface area contributed by atoms with Crippen molar-refractivity contribution in [3.05, 3.63) is 71.0 Å². The molecule has 4 rings (SSSR count). The second-order valence-corrected chi connectivity index (χ2v) is 9.81. The fraction of sp³-hybridized carbons (Fsp3) is 0.304. The molecule has 0 saturated carbocycles. The molecular formula is C23H25N3O4S. The van der Waals surface area contributed by atoms with Crippen LogP contribution in [0.25, 0.3) is 11.3 Å². The van der Waals surface area contributed by atoms with Gasteiger partial charge in [0.05, 0.1) is 4.90 Å². The molecule has 2 heterocycles. The summed E-state index contributed by atoms with van der Waals surface area (Å²) in [5, 5.41) is 4.02. The molecule has 1 amide bonds. The van der Waals surface area contributed by atoms with Gasteiger partial charge in [0, 0.05) is 37.8 Å². The van der Waals surface area contributed by atoms with E-state index >= 15 is 0 Å². The van der Waals surface area contributed by atoms with Crippen LogP contribution in [0, 0.1) is 20.8 Å². The topological polar surface area (TPSA) is 83.7 Å². The summed E-state index contributed by atoms with van der Waals surface area (Å²) < 4.78 is 32.9. The molecular weight excluding hydrogens is 414 g/mol. The maximum absolute atomic E-state index is 13.1. The number of hydrogen-bond acceptors (Lipinski definition) is 5. The van der Waals surface area contributed by atoms with Crippen LogP contribution in [0.5, 0.6) is 0 Å². The van der Waals surface area contributed by atoms with Gasteiger partial charge < -0.3 is 9.42 Å². The average Bonchev–Trinajstić information content (AvgIpc) is 3.25. The molecule has 0 spiro atoms. The fourth-order valence-corrected chi connectivity index (χ4v) is 5.38. The van der Waals surface area contributed by atoms with Crippen molar-refractivity contribution in [2.45, 2.75) is 25.7 Å². The zero-order chi connectivity index (χ0) is 22.2. The van der Waals surface area contributed by atoms with Crippen LogP contribution in [-0.2, 0) is 10.0 Å². The van der Waals surface area contributed by atoms with Gasteiger partial charge in [0.2, 0.25) is 15.8 Å². The molecule has 0 bridgehead atoms. The number of sulfonamides is 1. The van der Waals surface area contributed by atoms with Crippen LogP contribution in [-0.4, -0.2) is 54.9 Å². The molecule has 1 fully saturated rings. The lowest BCUT2D eigenvalue weighted by atomic mass is 10.1. The molecule has 1 aromatic heterocycles. The largest absolute Gasteiger partial charge is 0.350 e. The number of hydrogen-bond donors (Lipinski definition) is 0. The first-order valence-electron chi connectivity index (χ1n) is 10.2. The monoisotopic (exact) mass is 439 g/mol. The van der Waals surface area contributed by atoms with Crippen molar-refractivity contribution in [3.63, 3.8) is 0 Å². The number of nitrogens with zero attached hydrogens (tertiary/aromatic N) is 3. The molecule has 1 saturated heterocycles. The standard InChI is InChI=1S/C23H25N3O4S/c1-16-5-8-19(9-6-16)20-15-21(30-24-20)23(27)25-10-12-26(13-11-25)31(28,29)22-14-17(2)4-7-18(22)3/h4-9,14-15H,10-13H2,1-3H3. The Morgan fingerprint density at radius 2 is 1.55 bits per heavy atom. The van der Waals surface area contributed by atoms with Gasteiger partial charge in [0.25, 0.3) is 5.91 Å². The third-order valence-electron chi connectivity index (χ3n) is 5.56. The minimum Gasteiger partial charge on any atom is -0.350 e. The highest BCUT2D eigenvalue weighted by Gasteiger charge is 2.32. The summed E-state index contributed by atoms with van der Waals surface area (Å²) in [6.45, 7) is 6.73. The molecule has 1 aliphatic heterocycles. The quantitative estimate of drug-likeness (QED) is 0.622. The lowest BCUT2D eigenvalue weighted by Gasteiger charge is -2.33. The van der Waals surface area contributed by atoms with Gasteiger partial charge in [-0.15, -0.1) is 0 Å². The SMILES string of the molecule is Cc1ccc(-c2cc(C(=O)N3CCN(S(=O)(=O)c4cc(C)ccc4C)CC3)on2)cc1. The van der Waals surface area contributed by atoms with Gasteiger partial charge in [-0.05, 0) is 38.0 Å². The predicted molar refractivity (Wildman–Crippen MR) is 117 cm³/mol. The minimum atomic E-state index is -3.60. The van der Waals surface area contributed by atoms with Crippen LogP contribution in [0.3, 0.4) is 0 Å². The Bertz CT molecular complexity index is 1210. The highest BCUT2D eigenvalue weighted by Crippen LogP contribution is 2.24. The van der Waals surface area contributed by atoms with E-state index in [9.17, 15) is 13.2 Å². The van der Waals surface area contributed by atoms with Gasteiger partial charge >= 0.3 is 0 Å². The second kappa shape index (κ2) is 8.28. The van der Waals surface area contributed by atoms with E-state index in [1.807, 2.05) is 50.2 Å². The smallest absolute Gasteiger partial charge is 0.292 e. The van der Waals surface area contributed by atoms with Crippen LogP contribution in [0.15, 0.2) is 57.9 Å². The maximum atomic E-state index is 13.1. The zero-order valence-corrected chi connectivity index (χ0v) is 18.6. The Hall–Kier alpha value is -2.97. The van der Waals surface area contributed by atoms with Gasteiger partial charge in [-0.1, -0.05) is 47.1 Å². The van der Waals surface area contributed by atoms with Crippen LogP contribution in [0.1, 0.15) is 27.2 Å². The van der Waals surface area contributed by atoms with Crippen molar-refractivity contribution in [2.24, 2.45) is 0 Å². The third kappa shape index (κ3) is 4.26. The normalized spacial score (nSPS) is 15.3. The molecule has 31 heavy (non-hydrogen) atoms. The number of benzene rings is 2. The highest BCUT2D eigenvalue weighted by molar-refractivity contribution is 7.89. The Morgan fingerprint density at radius 3 is 2.23 bits per heavy atom. The number of carbonyl (C=O) groups is 1. The van der Waals surface area contributed by atoms with Crippen molar-refractivity contribution < 1.29 is 17.7 Å². The molecule has 0 N–H and O–H groups in total. The Kier molecular flexibility index (Phi) is 5.68. The van der Waals surface area contributed by atoms with Crippen molar-refractivity contribution in [1.29, 1.82) is 0 Å². The molecule has 0 radical (unpaired) electrons. The number of aryl methyl sites for hydroxylation is 3. The number of rotatable bonds is 4. The molecule has 0 unspecified atom stereocenters. The first-order chi connectivity index (χ1) is 14.8. The van der Waals surface area contributed by atoms with E-state index in [1.54, 1.807) is 24.0 Å². The highest BCUT2D eigenvalue weighted by atomic mass is 32.2.